The number of hydrogen-bond donors (Lipinski definition) is 1. The third-order valence-corrected chi connectivity index (χ3v) is 4.53. The summed E-state index contributed by atoms with van der Waals surface area (Å²) < 4.78 is 0. The molecule has 2 aromatic rings. The van der Waals surface area contributed by atoms with Crippen LogP contribution in [-0.2, 0) is 12.8 Å². The molecule has 1 aliphatic heterocycles. The first kappa shape index (κ1) is 11.0. The molecular weight excluding hydrogens is 226 g/mol. The Bertz CT molecular complexity index is 515. The first-order chi connectivity index (χ1) is 8.40. The molecule has 1 unspecified atom stereocenters. The predicted octanol–water partition coefficient (Wildman–Crippen LogP) is 3.55. The average Bonchev–Trinajstić information content (AvgIpc) is 2.86. The molecular formula is C15H17NS. The summed E-state index contributed by atoms with van der Waals surface area (Å²) in [6.07, 6.45) is 2.28. The van der Waals surface area contributed by atoms with Gasteiger partial charge in [0.15, 0.2) is 0 Å². The third kappa shape index (κ3) is 1.92. The summed E-state index contributed by atoms with van der Waals surface area (Å²) in [5, 5.41) is 5.88. The maximum Gasteiger partial charge on any atom is 0.0590 e. The number of aryl methyl sites for hydroxylation is 1. The molecule has 1 nitrogen and oxygen atoms in total. The van der Waals surface area contributed by atoms with E-state index in [-0.39, 0.29) is 0 Å². The zero-order valence-corrected chi connectivity index (χ0v) is 10.9. The molecule has 3 rings (SSSR count). The van der Waals surface area contributed by atoms with E-state index in [0.717, 1.165) is 13.0 Å². The van der Waals surface area contributed by atoms with Gasteiger partial charge in [-0.05, 0) is 41.0 Å². The molecule has 0 radical (unpaired) electrons. The van der Waals surface area contributed by atoms with Crippen molar-refractivity contribution in [2.45, 2.75) is 25.8 Å². The topological polar surface area (TPSA) is 12.0 Å². The predicted molar refractivity (Wildman–Crippen MR) is 73.7 cm³/mol. The summed E-state index contributed by atoms with van der Waals surface area (Å²) in [7, 11) is 0. The standard InChI is InChI=1S/C15H17NS/c1-2-11-5-3-4-6-12(11)15-13-8-10-17-14(13)7-9-16-15/h3-6,8,10,15-16H,2,7,9H2,1H3. The highest BCUT2D eigenvalue weighted by Crippen LogP contribution is 2.33. The van der Waals surface area contributed by atoms with E-state index in [0.29, 0.717) is 6.04 Å². The van der Waals surface area contributed by atoms with Gasteiger partial charge in [0.1, 0.15) is 0 Å². The van der Waals surface area contributed by atoms with Gasteiger partial charge in [-0.3, -0.25) is 0 Å². The Morgan fingerprint density at radius 3 is 3.00 bits per heavy atom. The average molecular weight is 243 g/mol. The van der Waals surface area contributed by atoms with Gasteiger partial charge in [0.2, 0.25) is 0 Å². The molecule has 0 aliphatic carbocycles. The summed E-state index contributed by atoms with van der Waals surface area (Å²) in [5.74, 6) is 0. The molecule has 0 bridgehead atoms. The van der Waals surface area contributed by atoms with Gasteiger partial charge in [-0.2, -0.15) is 0 Å². The lowest BCUT2D eigenvalue weighted by Gasteiger charge is -2.26. The van der Waals surface area contributed by atoms with Crippen LogP contribution >= 0.6 is 11.3 Å². The lowest BCUT2D eigenvalue weighted by Crippen LogP contribution is -2.30. The van der Waals surface area contributed by atoms with E-state index in [9.17, 15) is 0 Å². The van der Waals surface area contributed by atoms with E-state index in [4.69, 9.17) is 0 Å². The maximum atomic E-state index is 3.66. The Morgan fingerprint density at radius 1 is 1.24 bits per heavy atom. The Labute approximate surface area is 106 Å². The summed E-state index contributed by atoms with van der Waals surface area (Å²) in [6, 6.07) is 11.5. The van der Waals surface area contributed by atoms with Crippen LogP contribution in [0.25, 0.3) is 0 Å². The summed E-state index contributed by atoms with van der Waals surface area (Å²) in [4.78, 5) is 1.56. The fourth-order valence-electron chi connectivity index (χ4n) is 2.67. The van der Waals surface area contributed by atoms with Gasteiger partial charge in [0.25, 0.3) is 0 Å². The van der Waals surface area contributed by atoms with Crippen LogP contribution in [0.4, 0.5) is 0 Å². The number of fused-ring (bicyclic) bond motifs is 1. The highest BCUT2D eigenvalue weighted by atomic mass is 32.1. The zero-order chi connectivity index (χ0) is 11.7. The van der Waals surface area contributed by atoms with E-state index in [1.165, 1.54) is 23.1 Å². The van der Waals surface area contributed by atoms with Gasteiger partial charge in [-0.15, -0.1) is 11.3 Å². The van der Waals surface area contributed by atoms with Crippen molar-refractivity contribution in [3.05, 3.63) is 57.3 Å². The monoisotopic (exact) mass is 243 g/mol. The van der Waals surface area contributed by atoms with Gasteiger partial charge < -0.3 is 5.32 Å². The molecule has 88 valence electrons. The van der Waals surface area contributed by atoms with Crippen LogP contribution in [0.2, 0.25) is 0 Å². The van der Waals surface area contributed by atoms with Gasteiger partial charge in [0, 0.05) is 11.4 Å². The van der Waals surface area contributed by atoms with E-state index < -0.39 is 0 Å². The van der Waals surface area contributed by atoms with Crippen molar-refractivity contribution in [3.8, 4) is 0 Å². The van der Waals surface area contributed by atoms with E-state index >= 15 is 0 Å². The minimum absolute atomic E-state index is 0.404. The normalized spacial score (nSPS) is 19.0. The Morgan fingerprint density at radius 2 is 2.12 bits per heavy atom. The minimum Gasteiger partial charge on any atom is -0.306 e. The zero-order valence-electron chi connectivity index (χ0n) is 10.1. The van der Waals surface area contributed by atoms with Crippen molar-refractivity contribution < 1.29 is 0 Å². The van der Waals surface area contributed by atoms with Gasteiger partial charge in [0.05, 0.1) is 6.04 Å². The molecule has 2 heterocycles. The second-order valence-corrected chi connectivity index (χ2v) is 5.49. The Hall–Kier alpha value is -1.12. The fraction of sp³-hybridized carbons (Fsp3) is 0.333. The van der Waals surface area contributed by atoms with Crippen LogP contribution in [0.5, 0.6) is 0 Å². The van der Waals surface area contributed by atoms with Gasteiger partial charge in [-0.1, -0.05) is 31.2 Å². The molecule has 0 saturated carbocycles. The van der Waals surface area contributed by atoms with Crippen LogP contribution < -0.4 is 5.32 Å². The molecule has 1 N–H and O–H groups in total. The van der Waals surface area contributed by atoms with E-state index in [2.05, 4.69) is 48.0 Å². The number of hydrogen-bond acceptors (Lipinski definition) is 2. The molecule has 0 fully saturated rings. The van der Waals surface area contributed by atoms with E-state index in [1.807, 2.05) is 11.3 Å². The van der Waals surface area contributed by atoms with Gasteiger partial charge >= 0.3 is 0 Å². The number of benzene rings is 1. The lowest BCUT2D eigenvalue weighted by molar-refractivity contribution is 0.571. The molecule has 1 aromatic carbocycles. The third-order valence-electron chi connectivity index (χ3n) is 3.54. The van der Waals surface area contributed by atoms with Gasteiger partial charge in [-0.25, -0.2) is 0 Å². The van der Waals surface area contributed by atoms with Crippen LogP contribution in [0.15, 0.2) is 35.7 Å². The number of thiophene rings is 1. The summed E-state index contributed by atoms with van der Waals surface area (Å²) in [5.41, 5.74) is 4.40. The number of rotatable bonds is 2. The van der Waals surface area contributed by atoms with E-state index in [1.54, 1.807) is 4.88 Å². The molecule has 1 aliphatic rings. The van der Waals surface area contributed by atoms with Crippen molar-refractivity contribution in [3.63, 3.8) is 0 Å². The molecule has 2 heteroatoms. The highest BCUT2D eigenvalue weighted by Gasteiger charge is 2.23. The SMILES string of the molecule is CCc1ccccc1C1NCCc2sccc21. The smallest absolute Gasteiger partial charge is 0.0590 e. The van der Waals surface area contributed by atoms with Crippen LogP contribution in [0.3, 0.4) is 0 Å². The van der Waals surface area contributed by atoms with Crippen molar-refractivity contribution >= 4 is 11.3 Å². The molecule has 1 atom stereocenters. The maximum absolute atomic E-state index is 3.66. The Balaban J connectivity index is 2.06. The van der Waals surface area contributed by atoms with Crippen LogP contribution in [-0.4, -0.2) is 6.54 Å². The molecule has 17 heavy (non-hydrogen) atoms. The summed E-state index contributed by atoms with van der Waals surface area (Å²) >= 11 is 1.90. The minimum atomic E-state index is 0.404. The largest absolute Gasteiger partial charge is 0.306 e. The molecule has 1 aromatic heterocycles. The molecule has 0 amide bonds. The first-order valence-corrected chi connectivity index (χ1v) is 7.15. The lowest BCUT2D eigenvalue weighted by atomic mass is 9.91. The van der Waals surface area contributed by atoms with Crippen molar-refractivity contribution in [1.29, 1.82) is 0 Å². The highest BCUT2D eigenvalue weighted by molar-refractivity contribution is 7.10. The second-order valence-electron chi connectivity index (χ2n) is 4.49. The van der Waals surface area contributed by atoms with Crippen molar-refractivity contribution in [1.82, 2.24) is 5.32 Å². The molecule has 0 saturated heterocycles. The fourth-order valence-corrected chi connectivity index (χ4v) is 3.59. The number of nitrogens with one attached hydrogen (secondary N) is 1. The van der Waals surface area contributed by atoms with Crippen molar-refractivity contribution in [2.75, 3.05) is 6.54 Å². The summed E-state index contributed by atoms with van der Waals surface area (Å²) in [6.45, 7) is 3.33. The van der Waals surface area contributed by atoms with Crippen LogP contribution in [0, 0.1) is 0 Å². The quantitative estimate of drug-likeness (QED) is 0.850. The van der Waals surface area contributed by atoms with Crippen molar-refractivity contribution in [2.24, 2.45) is 0 Å². The second kappa shape index (κ2) is 4.63. The Kier molecular flexibility index (Phi) is 3.00. The first-order valence-electron chi connectivity index (χ1n) is 6.27. The molecule has 0 spiro atoms. The van der Waals surface area contributed by atoms with Crippen LogP contribution in [0.1, 0.15) is 34.5 Å².